The van der Waals surface area contributed by atoms with Gasteiger partial charge < -0.3 is 10.1 Å². The van der Waals surface area contributed by atoms with E-state index < -0.39 is 22.4 Å². The van der Waals surface area contributed by atoms with Crippen molar-refractivity contribution in [3.8, 4) is 5.88 Å². The number of benzene rings is 1. The smallest absolute Gasteiger partial charge is 0.316 e. The lowest BCUT2D eigenvalue weighted by Crippen LogP contribution is -2.29. The second-order valence-corrected chi connectivity index (χ2v) is 7.95. The molecule has 0 saturated carbocycles. The predicted octanol–water partition coefficient (Wildman–Crippen LogP) is 4.12. The molecule has 2 aromatic rings. The fraction of sp³-hybridized carbons (Fsp3) is 0.261. The maximum Gasteiger partial charge on any atom is 0.316 e. The van der Waals surface area contributed by atoms with E-state index in [0.717, 1.165) is 34.5 Å². The summed E-state index contributed by atoms with van der Waals surface area (Å²) in [5.41, 5.74) is 3.57. The molecule has 0 aliphatic carbocycles. The summed E-state index contributed by atoms with van der Waals surface area (Å²) in [7, 11) is 0. The van der Waals surface area contributed by atoms with Gasteiger partial charge in [-0.3, -0.25) is 19.6 Å². The number of hydrogen-bond acceptors (Lipinski definition) is 4. The molecule has 1 aliphatic rings. The maximum absolute atomic E-state index is 11.8. The van der Waals surface area contributed by atoms with Crippen LogP contribution in [0.25, 0.3) is 11.6 Å². The Balaban J connectivity index is 2.21. The number of allylic oxidation sites excluding steroid dienone is 4. The highest BCUT2D eigenvalue weighted by molar-refractivity contribution is 6.34. The van der Waals surface area contributed by atoms with Crippen LogP contribution in [0.2, 0.25) is 0 Å². The molecule has 1 aromatic carbocycles. The lowest BCUT2D eigenvalue weighted by molar-refractivity contribution is 0.446. The number of H-pyrrole nitrogens is 2. The number of aromatic nitrogens is 2. The van der Waals surface area contributed by atoms with Gasteiger partial charge in [-0.2, -0.15) is 0 Å². The quantitative estimate of drug-likeness (QED) is 0.528. The monoisotopic (exact) mass is 391 g/mol. The Hall–Kier alpha value is -3.41. The van der Waals surface area contributed by atoms with Crippen molar-refractivity contribution in [1.82, 2.24) is 9.97 Å². The standard InChI is InChI=1S/C23H25N3O3/c1-6-23(4,5)19-16(12-18-20(27)26-22(29)21(28)25-18)15-11-14(8-7-13(2)3)9-10-17(15)24-19/h6-7,9-12H,1,8H2,2-5H3,(H,25,28)(H2,26,27,29)/b16-12+. The molecule has 1 aromatic heterocycles. The van der Waals surface area contributed by atoms with Crippen LogP contribution >= 0.6 is 0 Å². The van der Waals surface area contributed by atoms with Crippen molar-refractivity contribution < 1.29 is 5.11 Å². The van der Waals surface area contributed by atoms with Crippen molar-refractivity contribution in [2.45, 2.75) is 34.1 Å². The topological polar surface area (TPSA) is 98.3 Å². The number of aromatic hydroxyl groups is 1. The summed E-state index contributed by atoms with van der Waals surface area (Å²) in [5.74, 6) is -0.396. The molecule has 6 heteroatoms. The van der Waals surface area contributed by atoms with Crippen molar-refractivity contribution in [2.75, 3.05) is 0 Å². The van der Waals surface area contributed by atoms with Crippen LogP contribution in [0.15, 0.2) is 57.1 Å². The number of aliphatic imine (C=N–C) groups is 1. The van der Waals surface area contributed by atoms with E-state index in [1.807, 2.05) is 32.1 Å². The Morgan fingerprint density at radius 1 is 1.21 bits per heavy atom. The van der Waals surface area contributed by atoms with E-state index in [2.05, 4.69) is 42.5 Å². The Morgan fingerprint density at radius 2 is 1.90 bits per heavy atom. The highest BCUT2D eigenvalue weighted by Crippen LogP contribution is 2.42. The molecule has 2 heterocycles. The average molecular weight is 391 g/mol. The molecule has 0 spiro atoms. The summed E-state index contributed by atoms with van der Waals surface area (Å²) in [6.07, 6.45) is 6.41. The van der Waals surface area contributed by atoms with E-state index >= 15 is 0 Å². The fourth-order valence-corrected chi connectivity index (χ4v) is 3.11. The minimum absolute atomic E-state index is 0.125. The zero-order valence-electron chi connectivity index (χ0n) is 17.1. The second kappa shape index (κ2) is 7.54. The van der Waals surface area contributed by atoms with Crippen LogP contribution in [0.1, 0.15) is 44.5 Å². The molecule has 0 radical (unpaired) electrons. The first-order valence-electron chi connectivity index (χ1n) is 9.39. The van der Waals surface area contributed by atoms with Crippen LogP contribution < -0.4 is 11.1 Å². The first-order chi connectivity index (χ1) is 13.6. The van der Waals surface area contributed by atoms with Gasteiger partial charge in [0.05, 0.1) is 11.4 Å². The van der Waals surface area contributed by atoms with Gasteiger partial charge in [0.1, 0.15) is 5.69 Å². The lowest BCUT2D eigenvalue weighted by Gasteiger charge is -2.21. The third kappa shape index (κ3) is 4.06. The summed E-state index contributed by atoms with van der Waals surface area (Å²) in [6.45, 7) is 12.0. The van der Waals surface area contributed by atoms with Gasteiger partial charge in [-0.25, -0.2) is 0 Å². The largest absolute Gasteiger partial charge is 0.493 e. The second-order valence-electron chi connectivity index (χ2n) is 7.95. The van der Waals surface area contributed by atoms with Gasteiger partial charge in [0.15, 0.2) is 0 Å². The van der Waals surface area contributed by atoms with Crippen LogP contribution in [0, 0.1) is 5.41 Å². The van der Waals surface area contributed by atoms with Gasteiger partial charge in [0, 0.05) is 16.6 Å². The minimum Gasteiger partial charge on any atom is -0.493 e. The highest BCUT2D eigenvalue weighted by Gasteiger charge is 2.31. The van der Waals surface area contributed by atoms with Crippen molar-refractivity contribution in [3.63, 3.8) is 0 Å². The number of hydrogen-bond donors (Lipinski definition) is 3. The Bertz CT molecular complexity index is 1190. The molecule has 150 valence electrons. The van der Waals surface area contributed by atoms with Crippen LogP contribution in [0.3, 0.4) is 0 Å². The average Bonchev–Trinajstić information content (AvgIpc) is 3.03. The van der Waals surface area contributed by atoms with Crippen molar-refractivity contribution in [3.05, 3.63) is 80.0 Å². The van der Waals surface area contributed by atoms with Crippen LogP contribution in [-0.4, -0.2) is 20.8 Å². The molecule has 0 amide bonds. The number of rotatable bonds is 5. The van der Waals surface area contributed by atoms with E-state index in [-0.39, 0.29) is 5.69 Å². The molecule has 3 N–H and O–H groups in total. The maximum atomic E-state index is 11.8. The van der Waals surface area contributed by atoms with E-state index in [1.54, 1.807) is 6.08 Å². The van der Waals surface area contributed by atoms with Gasteiger partial charge in [-0.1, -0.05) is 37.6 Å². The summed E-state index contributed by atoms with van der Waals surface area (Å²) >= 11 is 0. The molecule has 0 saturated heterocycles. The first kappa shape index (κ1) is 20.3. The van der Waals surface area contributed by atoms with E-state index in [9.17, 15) is 14.7 Å². The Kier molecular flexibility index (Phi) is 5.29. The summed E-state index contributed by atoms with van der Waals surface area (Å²) in [5, 5.41) is 10.1. The molecule has 29 heavy (non-hydrogen) atoms. The van der Waals surface area contributed by atoms with Crippen molar-refractivity contribution >= 4 is 23.0 Å². The third-order valence-electron chi connectivity index (χ3n) is 4.94. The third-order valence-corrected chi connectivity index (χ3v) is 4.94. The summed E-state index contributed by atoms with van der Waals surface area (Å²) in [4.78, 5) is 32.6. The van der Waals surface area contributed by atoms with Crippen LogP contribution in [-0.2, 0) is 6.42 Å². The molecule has 0 fully saturated rings. The lowest BCUT2D eigenvalue weighted by atomic mass is 9.82. The SMILES string of the molecule is C=CC(C)(C)C1=Nc2ccc(CC=C(C)C)cc2/C1=C\c1[nH]c(=O)c(=O)[nH]c1O. The van der Waals surface area contributed by atoms with E-state index in [1.165, 1.54) is 5.57 Å². The Labute approximate surface area is 169 Å². The van der Waals surface area contributed by atoms with Gasteiger partial charge in [0.2, 0.25) is 5.88 Å². The zero-order chi connectivity index (χ0) is 21.3. The molecule has 0 unspecified atom stereocenters. The van der Waals surface area contributed by atoms with Crippen LogP contribution in [0.4, 0.5) is 5.69 Å². The van der Waals surface area contributed by atoms with Gasteiger partial charge in [-0.15, -0.1) is 6.58 Å². The summed E-state index contributed by atoms with van der Waals surface area (Å²) < 4.78 is 0. The molecule has 0 atom stereocenters. The van der Waals surface area contributed by atoms with Crippen molar-refractivity contribution in [2.24, 2.45) is 10.4 Å². The molecule has 1 aliphatic heterocycles. The number of aromatic amines is 2. The van der Waals surface area contributed by atoms with Crippen molar-refractivity contribution in [1.29, 1.82) is 0 Å². The molecule has 6 nitrogen and oxygen atoms in total. The predicted molar refractivity (Wildman–Crippen MR) is 118 cm³/mol. The van der Waals surface area contributed by atoms with Gasteiger partial charge >= 0.3 is 11.1 Å². The van der Waals surface area contributed by atoms with Crippen LogP contribution in [0.5, 0.6) is 5.88 Å². The molecule has 3 rings (SSSR count). The number of nitrogens with zero attached hydrogens (tertiary/aromatic N) is 1. The number of nitrogens with one attached hydrogen (secondary N) is 2. The van der Waals surface area contributed by atoms with E-state index in [4.69, 9.17) is 4.99 Å². The highest BCUT2D eigenvalue weighted by atomic mass is 16.3. The fourth-order valence-electron chi connectivity index (χ4n) is 3.11. The zero-order valence-corrected chi connectivity index (χ0v) is 17.1. The summed E-state index contributed by atoms with van der Waals surface area (Å²) in [6, 6.07) is 6.08. The van der Waals surface area contributed by atoms with Gasteiger partial charge in [0.25, 0.3) is 0 Å². The normalized spacial score (nSPS) is 14.5. The molecule has 0 bridgehead atoms. The van der Waals surface area contributed by atoms with Gasteiger partial charge in [-0.05, 0) is 44.0 Å². The minimum atomic E-state index is -0.902. The molecular formula is C23H25N3O3. The Morgan fingerprint density at radius 3 is 2.55 bits per heavy atom. The van der Waals surface area contributed by atoms with E-state index in [0.29, 0.717) is 0 Å². The molecular weight excluding hydrogens is 366 g/mol. The first-order valence-corrected chi connectivity index (χ1v) is 9.39. The number of fused-ring (bicyclic) bond motifs is 1.